The van der Waals surface area contributed by atoms with E-state index in [0.29, 0.717) is 6.04 Å². The summed E-state index contributed by atoms with van der Waals surface area (Å²) in [6.45, 7) is 8.02. The molecule has 1 aliphatic rings. The van der Waals surface area contributed by atoms with Gasteiger partial charge in [-0.3, -0.25) is 4.98 Å². The lowest BCUT2D eigenvalue weighted by Gasteiger charge is -2.22. The fraction of sp³-hybridized carbons (Fsp3) is 0.706. The summed E-state index contributed by atoms with van der Waals surface area (Å²) in [6, 6.07) is 2.54. The molecule has 20 heavy (non-hydrogen) atoms. The third-order valence-corrected chi connectivity index (χ3v) is 3.98. The van der Waals surface area contributed by atoms with Crippen LogP contribution in [0.15, 0.2) is 12.3 Å². The summed E-state index contributed by atoms with van der Waals surface area (Å²) in [5.41, 5.74) is 2.19. The van der Waals surface area contributed by atoms with Crippen LogP contribution in [0.5, 0.6) is 5.75 Å². The van der Waals surface area contributed by atoms with Crippen LogP contribution in [0.1, 0.15) is 57.2 Å². The van der Waals surface area contributed by atoms with Crippen molar-refractivity contribution in [3.8, 4) is 5.75 Å². The number of aromatic nitrogens is 1. The van der Waals surface area contributed by atoms with Gasteiger partial charge < -0.3 is 10.1 Å². The van der Waals surface area contributed by atoms with Crippen LogP contribution in [0.4, 0.5) is 0 Å². The minimum atomic E-state index is 0.475. The first-order chi connectivity index (χ1) is 9.65. The summed E-state index contributed by atoms with van der Waals surface area (Å²) >= 11 is 0. The van der Waals surface area contributed by atoms with E-state index in [9.17, 15) is 0 Å². The first kappa shape index (κ1) is 15.3. The lowest BCUT2D eigenvalue weighted by Crippen LogP contribution is -2.23. The molecule has 0 radical (unpaired) electrons. The fourth-order valence-corrected chi connectivity index (χ4v) is 2.71. The maximum Gasteiger partial charge on any atom is 0.127 e. The normalized spacial score (nSPS) is 16.6. The van der Waals surface area contributed by atoms with Crippen LogP contribution in [0, 0.1) is 12.8 Å². The van der Waals surface area contributed by atoms with Crippen molar-refractivity contribution < 1.29 is 4.74 Å². The molecule has 1 heterocycles. The van der Waals surface area contributed by atoms with Gasteiger partial charge in [0.15, 0.2) is 0 Å². The van der Waals surface area contributed by atoms with Crippen molar-refractivity contribution in [3.63, 3.8) is 0 Å². The molecule has 0 aromatic carbocycles. The van der Waals surface area contributed by atoms with Crippen molar-refractivity contribution in [2.75, 3.05) is 6.61 Å². The molecule has 1 saturated carbocycles. The molecule has 0 saturated heterocycles. The molecular formula is C17H28N2O. The van der Waals surface area contributed by atoms with Crippen LogP contribution >= 0.6 is 0 Å². The van der Waals surface area contributed by atoms with Gasteiger partial charge in [0.2, 0.25) is 0 Å². The third-order valence-electron chi connectivity index (χ3n) is 3.98. The Bertz CT molecular complexity index is 411. The van der Waals surface area contributed by atoms with Crippen LogP contribution in [-0.2, 0) is 6.54 Å². The molecule has 2 rings (SSSR count). The van der Waals surface area contributed by atoms with E-state index >= 15 is 0 Å². The maximum absolute atomic E-state index is 6.11. The highest BCUT2D eigenvalue weighted by Gasteiger charge is 2.15. The zero-order valence-electron chi connectivity index (χ0n) is 13.1. The van der Waals surface area contributed by atoms with E-state index in [1.807, 2.05) is 13.1 Å². The number of hydrogen-bond acceptors (Lipinski definition) is 3. The van der Waals surface area contributed by atoms with Crippen LogP contribution < -0.4 is 10.1 Å². The van der Waals surface area contributed by atoms with Crippen molar-refractivity contribution in [1.29, 1.82) is 0 Å². The van der Waals surface area contributed by atoms with Gasteiger partial charge in [-0.15, -0.1) is 0 Å². The number of nitrogens with one attached hydrogen (secondary N) is 1. The van der Waals surface area contributed by atoms with E-state index in [1.54, 1.807) is 0 Å². The van der Waals surface area contributed by atoms with Crippen LogP contribution in [-0.4, -0.2) is 17.6 Å². The third kappa shape index (κ3) is 4.78. The van der Waals surface area contributed by atoms with E-state index in [-0.39, 0.29) is 0 Å². The molecule has 112 valence electrons. The summed E-state index contributed by atoms with van der Waals surface area (Å²) in [4.78, 5) is 4.39. The average Bonchev–Trinajstić information content (AvgIpc) is 2.45. The molecule has 0 bridgehead atoms. The second-order valence-corrected chi connectivity index (χ2v) is 6.28. The number of hydrogen-bond donors (Lipinski definition) is 1. The molecule has 0 unspecified atom stereocenters. The summed E-state index contributed by atoms with van der Waals surface area (Å²) in [7, 11) is 0. The first-order valence-corrected chi connectivity index (χ1v) is 7.97. The summed E-state index contributed by atoms with van der Waals surface area (Å²) < 4.78 is 6.11. The fourth-order valence-electron chi connectivity index (χ4n) is 2.71. The number of aryl methyl sites for hydroxylation is 1. The Kier molecular flexibility index (Phi) is 5.84. The summed E-state index contributed by atoms with van der Waals surface area (Å²) in [5, 5.41) is 3.44. The molecular weight excluding hydrogens is 248 g/mol. The molecule has 0 aliphatic heterocycles. The predicted molar refractivity (Wildman–Crippen MR) is 83.0 cm³/mol. The number of pyridine rings is 1. The van der Waals surface area contributed by atoms with E-state index < -0.39 is 0 Å². The maximum atomic E-state index is 6.11. The molecule has 0 spiro atoms. The highest BCUT2D eigenvalue weighted by atomic mass is 16.5. The Balaban J connectivity index is 1.95. The zero-order valence-corrected chi connectivity index (χ0v) is 13.1. The molecule has 0 atom stereocenters. The Morgan fingerprint density at radius 3 is 2.75 bits per heavy atom. The van der Waals surface area contributed by atoms with Crippen molar-refractivity contribution in [2.24, 2.45) is 5.92 Å². The Morgan fingerprint density at radius 1 is 1.30 bits per heavy atom. The minimum Gasteiger partial charge on any atom is -0.493 e. The molecule has 1 aromatic heterocycles. The second kappa shape index (κ2) is 7.63. The van der Waals surface area contributed by atoms with Crippen molar-refractivity contribution in [3.05, 3.63) is 23.5 Å². The summed E-state index contributed by atoms with van der Waals surface area (Å²) in [5.74, 6) is 1.75. The highest BCUT2D eigenvalue weighted by Crippen LogP contribution is 2.26. The standard InChI is InChI=1S/C17H28N2O/c1-13(2)18-10-16-11-19-14(3)9-17(16)20-12-15-7-5-4-6-8-15/h9,11,13,15,18H,4-8,10,12H2,1-3H3. The van der Waals surface area contributed by atoms with Crippen molar-refractivity contribution >= 4 is 0 Å². The Hall–Kier alpha value is -1.09. The summed E-state index contributed by atoms with van der Waals surface area (Å²) in [6.07, 6.45) is 8.72. The van der Waals surface area contributed by atoms with Crippen LogP contribution in [0.25, 0.3) is 0 Å². The van der Waals surface area contributed by atoms with Gasteiger partial charge in [-0.05, 0) is 25.7 Å². The molecule has 1 N–H and O–H groups in total. The first-order valence-electron chi connectivity index (χ1n) is 7.97. The van der Waals surface area contributed by atoms with Gasteiger partial charge in [-0.1, -0.05) is 33.1 Å². The Labute approximate surface area is 123 Å². The van der Waals surface area contributed by atoms with Gasteiger partial charge in [0, 0.05) is 36.1 Å². The highest BCUT2D eigenvalue weighted by molar-refractivity contribution is 5.32. The van der Waals surface area contributed by atoms with Gasteiger partial charge in [0.25, 0.3) is 0 Å². The van der Waals surface area contributed by atoms with E-state index in [1.165, 1.54) is 37.7 Å². The van der Waals surface area contributed by atoms with Crippen LogP contribution in [0.2, 0.25) is 0 Å². The van der Waals surface area contributed by atoms with Gasteiger partial charge >= 0.3 is 0 Å². The number of nitrogens with zero attached hydrogens (tertiary/aromatic N) is 1. The van der Waals surface area contributed by atoms with E-state index in [0.717, 1.165) is 30.5 Å². The SMILES string of the molecule is Cc1cc(OCC2CCCCC2)c(CNC(C)C)cn1. The zero-order chi connectivity index (χ0) is 14.4. The lowest BCUT2D eigenvalue weighted by molar-refractivity contribution is 0.207. The molecule has 1 fully saturated rings. The predicted octanol–water partition coefficient (Wildman–Crippen LogP) is 3.85. The minimum absolute atomic E-state index is 0.475. The molecule has 3 heteroatoms. The quantitative estimate of drug-likeness (QED) is 0.857. The van der Waals surface area contributed by atoms with Gasteiger partial charge in [-0.2, -0.15) is 0 Å². The largest absolute Gasteiger partial charge is 0.493 e. The molecule has 1 aliphatic carbocycles. The molecule has 0 amide bonds. The van der Waals surface area contributed by atoms with Gasteiger partial charge in [0.1, 0.15) is 5.75 Å². The van der Waals surface area contributed by atoms with Crippen LogP contribution in [0.3, 0.4) is 0 Å². The van der Waals surface area contributed by atoms with Crippen molar-refractivity contribution in [2.45, 2.75) is 65.5 Å². The van der Waals surface area contributed by atoms with Crippen molar-refractivity contribution in [1.82, 2.24) is 10.3 Å². The molecule has 1 aromatic rings. The molecule has 3 nitrogen and oxygen atoms in total. The second-order valence-electron chi connectivity index (χ2n) is 6.28. The van der Waals surface area contributed by atoms with E-state index in [2.05, 4.69) is 30.2 Å². The van der Waals surface area contributed by atoms with Gasteiger partial charge in [-0.25, -0.2) is 0 Å². The number of rotatable bonds is 6. The topological polar surface area (TPSA) is 34.1 Å². The lowest BCUT2D eigenvalue weighted by atomic mass is 9.90. The smallest absolute Gasteiger partial charge is 0.127 e. The number of ether oxygens (including phenoxy) is 1. The monoisotopic (exact) mass is 276 g/mol. The Morgan fingerprint density at radius 2 is 2.05 bits per heavy atom. The van der Waals surface area contributed by atoms with E-state index in [4.69, 9.17) is 4.74 Å². The van der Waals surface area contributed by atoms with Gasteiger partial charge in [0.05, 0.1) is 6.61 Å². The average molecular weight is 276 g/mol.